The van der Waals surface area contributed by atoms with Gasteiger partial charge in [-0.2, -0.15) is 0 Å². The summed E-state index contributed by atoms with van der Waals surface area (Å²) in [6, 6.07) is 0. The molecule has 1 rings (SSSR count). The highest BCUT2D eigenvalue weighted by Gasteiger charge is 1.99. The molecule has 0 atom stereocenters. The van der Waals surface area contributed by atoms with Gasteiger partial charge in [-0.15, -0.1) is 0 Å². The highest BCUT2D eigenvalue weighted by atomic mass is 16.5. The quantitative estimate of drug-likeness (QED) is 0.697. The fraction of sp³-hybridized carbons (Fsp3) is 0.444. The molecule has 2 N–H and O–H groups in total. The SMILES string of the molecule is CC.COc1cncc(N)c1C. The Labute approximate surface area is 73.6 Å². The molecule has 3 heteroatoms. The van der Waals surface area contributed by atoms with E-state index in [4.69, 9.17) is 10.5 Å². The minimum Gasteiger partial charge on any atom is -0.495 e. The van der Waals surface area contributed by atoms with E-state index in [1.807, 2.05) is 20.8 Å². The van der Waals surface area contributed by atoms with E-state index in [0.717, 1.165) is 11.3 Å². The van der Waals surface area contributed by atoms with E-state index in [1.165, 1.54) is 0 Å². The summed E-state index contributed by atoms with van der Waals surface area (Å²) in [5, 5.41) is 0. The lowest BCUT2D eigenvalue weighted by Gasteiger charge is -2.04. The lowest BCUT2D eigenvalue weighted by Crippen LogP contribution is -1.94. The molecule has 1 heterocycles. The predicted octanol–water partition coefficient (Wildman–Crippen LogP) is 2.01. The zero-order chi connectivity index (χ0) is 9.56. The normalized spacial score (nSPS) is 8.33. The van der Waals surface area contributed by atoms with E-state index >= 15 is 0 Å². The van der Waals surface area contributed by atoms with Gasteiger partial charge >= 0.3 is 0 Å². The molecule has 0 unspecified atom stereocenters. The number of rotatable bonds is 1. The van der Waals surface area contributed by atoms with Crippen molar-refractivity contribution in [1.82, 2.24) is 4.98 Å². The molecule has 0 radical (unpaired) electrons. The highest BCUT2D eigenvalue weighted by molar-refractivity contribution is 5.50. The van der Waals surface area contributed by atoms with Crippen molar-refractivity contribution in [2.45, 2.75) is 20.8 Å². The number of aromatic nitrogens is 1. The number of pyridine rings is 1. The third-order valence-corrected chi connectivity index (χ3v) is 1.43. The van der Waals surface area contributed by atoms with Crippen molar-refractivity contribution >= 4 is 5.69 Å². The van der Waals surface area contributed by atoms with Crippen molar-refractivity contribution < 1.29 is 4.74 Å². The van der Waals surface area contributed by atoms with Crippen molar-refractivity contribution in [1.29, 1.82) is 0 Å². The van der Waals surface area contributed by atoms with Gasteiger partial charge in [0.05, 0.1) is 25.2 Å². The molecule has 0 spiro atoms. The molecule has 1 aromatic rings. The zero-order valence-electron chi connectivity index (χ0n) is 8.09. The molecule has 0 amide bonds. The smallest absolute Gasteiger partial charge is 0.142 e. The van der Waals surface area contributed by atoms with Crippen LogP contribution in [0.5, 0.6) is 5.75 Å². The average molecular weight is 168 g/mol. The van der Waals surface area contributed by atoms with E-state index in [1.54, 1.807) is 19.5 Å². The first-order chi connectivity index (χ1) is 5.75. The zero-order valence-corrected chi connectivity index (χ0v) is 8.09. The highest BCUT2D eigenvalue weighted by Crippen LogP contribution is 2.19. The van der Waals surface area contributed by atoms with E-state index in [2.05, 4.69) is 4.98 Å². The number of nitrogens with two attached hydrogens (primary N) is 1. The molecule has 68 valence electrons. The number of hydrogen-bond donors (Lipinski definition) is 1. The largest absolute Gasteiger partial charge is 0.495 e. The van der Waals surface area contributed by atoms with Gasteiger partial charge in [-0.3, -0.25) is 4.98 Å². The maximum atomic E-state index is 5.55. The fourth-order valence-corrected chi connectivity index (χ4v) is 0.727. The van der Waals surface area contributed by atoms with Crippen LogP contribution in [-0.2, 0) is 0 Å². The van der Waals surface area contributed by atoms with Crippen molar-refractivity contribution in [3.05, 3.63) is 18.0 Å². The summed E-state index contributed by atoms with van der Waals surface area (Å²) < 4.78 is 4.98. The Hall–Kier alpha value is -1.25. The van der Waals surface area contributed by atoms with Crippen molar-refractivity contribution in [3.8, 4) is 5.75 Å². The van der Waals surface area contributed by atoms with Crippen molar-refractivity contribution in [2.24, 2.45) is 0 Å². The number of nitrogens with zero attached hydrogens (tertiary/aromatic N) is 1. The van der Waals surface area contributed by atoms with Gasteiger partial charge in [0, 0.05) is 5.56 Å². The molecule has 0 aliphatic heterocycles. The number of nitrogen functional groups attached to an aromatic ring is 1. The number of anilines is 1. The van der Waals surface area contributed by atoms with Gasteiger partial charge in [0.2, 0.25) is 0 Å². The van der Waals surface area contributed by atoms with Gasteiger partial charge < -0.3 is 10.5 Å². The van der Waals surface area contributed by atoms with Crippen molar-refractivity contribution in [2.75, 3.05) is 12.8 Å². The molecule has 0 saturated heterocycles. The van der Waals surface area contributed by atoms with Crippen LogP contribution >= 0.6 is 0 Å². The summed E-state index contributed by atoms with van der Waals surface area (Å²) in [6.07, 6.45) is 3.25. The summed E-state index contributed by atoms with van der Waals surface area (Å²) in [4.78, 5) is 3.87. The van der Waals surface area contributed by atoms with E-state index < -0.39 is 0 Å². The van der Waals surface area contributed by atoms with Gasteiger partial charge in [0.1, 0.15) is 5.75 Å². The van der Waals surface area contributed by atoms with Gasteiger partial charge in [-0.1, -0.05) is 13.8 Å². The van der Waals surface area contributed by atoms with Gasteiger partial charge in [0.15, 0.2) is 0 Å². The third kappa shape index (κ3) is 2.42. The van der Waals surface area contributed by atoms with Crippen LogP contribution in [0.3, 0.4) is 0 Å². The number of hydrogen-bond acceptors (Lipinski definition) is 3. The molecular formula is C9H16N2O. The Morgan fingerprint density at radius 3 is 2.33 bits per heavy atom. The van der Waals surface area contributed by atoms with Crippen LogP contribution in [-0.4, -0.2) is 12.1 Å². The molecular weight excluding hydrogens is 152 g/mol. The maximum Gasteiger partial charge on any atom is 0.142 e. The minimum absolute atomic E-state index is 0.666. The van der Waals surface area contributed by atoms with E-state index in [-0.39, 0.29) is 0 Å². The first-order valence-electron chi connectivity index (χ1n) is 3.99. The van der Waals surface area contributed by atoms with Crippen LogP contribution < -0.4 is 10.5 Å². The van der Waals surface area contributed by atoms with Crippen LogP contribution in [0.25, 0.3) is 0 Å². The molecule has 0 saturated carbocycles. The maximum absolute atomic E-state index is 5.55. The molecule has 0 aromatic carbocycles. The fourth-order valence-electron chi connectivity index (χ4n) is 0.727. The van der Waals surface area contributed by atoms with E-state index in [0.29, 0.717) is 5.69 Å². The monoisotopic (exact) mass is 168 g/mol. The van der Waals surface area contributed by atoms with Crippen molar-refractivity contribution in [3.63, 3.8) is 0 Å². The summed E-state index contributed by atoms with van der Waals surface area (Å²) in [5.41, 5.74) is 7.16. The molecule has 1 aromatic heterocycles. The van der Waals surface area contributed by atoms with Crippen LogP contribution in [0.1, 0.15) is 19.4 Å². The van der Waals surface area contributed by atoms with Crippen LogP contribution in [0, 0.1) is 6.92 Å². The van der Waals surface area contributed by atoms with Crippen LogP contribution in [0.15, 0.2) is 12.4 Å². The topological polar surface area (TPSA) is 48.1 Å². The summed E-state index contributed by atoms with van der Waals surface area (Å²) in [6.45, 7) is 5.90. The second kappa shape index (κ2) is 5.41. The second-order valence-electron chi connectivity index (χ2n) is 2.06. The van der Waals surface area contributed by atoms with Gasteiger partial charge in [-0.05, 0) is 6.92 Å². The standard InChI is InChI=1S/C7H10N2O.C2H6/c1-5-6(8)3-9-4-7(5)10-2;1-2/h3-4H,8H2,1-2H3;1-2H3. The molecule has 0 bridgehead atoms. The van der Waals surface area contributed by atoms with E-state index in [9.17, 15) is 0 Å². The lowest BCUT2D eigenvalue weighted by molar-refractivity contribution is 0.410. The molecule has 0 aliphatic carbocycles. The number of ether oxygens (including phenoxy) is 1. The Morgan fingerprint density at radius 1 is 1.33 bits per heavy atom. The van der Waals surface area contributed by atoms with Crippen LogP contribution in [0.2, 0.25) is 0 Å². The van der Waals surface area contributed by atoms with Crippen LogP contribution in [0.4, 0.5) is 5.69 Å². The predicted molar refractivity (Wildman–Crippen MR) is 51.3 cm³/mol. The third-order valence-electron chi connectivity index (χ3n) is 1.43. The Morgan fingerprint density at radius 2 is 1.92 bits per heavy atom. The van der Waals surface area contributed by atoms with Gasteiger partial charge in [-0.25, -0.2) is 0 Å². The summed E-state index contributed by atoms with van der Waals surface area (Å²) in [7, 11) is 1.60. The Balaban J connectivity index is 0.000000561. The summed E-state index contributed by atoms with van der Waals surface area (Å²) >= 11 is 0. The second-order valence-corrected chi connectivity index (χ2v) is 2.06. The molecule has 0 aliphatic rings. The van der Waals surface area contributed by atoms with Gasteiger partial charge in [0.25, 0.3) is 0 Å². The Kier molecular flexibility index (Phi) is 4.84. The molecule has 12 heavy (non-hydrogen) atoms. The average Bonchev–Trinajstić information content (AvgIpc) is 2.13. The minimum atomic E-state index is 0.666. The number of methoxy groups -OCH3 is 1. The first kappa shape index (κ1) is 10.8. The first-order valence-corrected chi connectivity index (χ1v) is 3.99. The summed E-state index contributed by atoms with van der Waals surface area (Å²) in [5.74, 6) is 0.736. The molecule has 0 fully saturated rings. The lowest BCUT2D eigenvalue weighted by atomic mass is 10.2. The Bertz CT molecular complexity index is 236. The molecule has 3 nitrogen and oxygen atoms in total.